The summed E-state index contributed by atoms with van der Waals surface area (Å²) in [6.07, 6.45) is 2.27. The quantitative estimate of drug-likeness (QED) is 0.473. The number of benzene rings is 1. The molecule has 0 unspecified atom stereocenters. The third kappa shape index (κ3) is 5.03. The third-order valence-corrected chi connectivity index (χ3v) is 2.93. The first-order valence-electron chi connectivity index (χ1n) is 5.49. The van der Waals surface area contributed by atoms with E-state index in [0.29, 0.717) is 13.2 Å². The van der Waals surface area contributed by atoms with Crippen molar-refractivity contribution >= 4 is 28.3 Å². The molecule has 4 heteroatoms. The van der Waals surface area contributed by atoms with Crippen molar-refractivity contribution in [3.05, 3.63) is 21.8 Å². The van der Waals surface area contributed by atoms with Gasteiger partial charge in [-0.15, -0.1) is 0 Å². The summed E-state index contributed by atoms with van der Waals surface area (Å²) in [5.41, 5.74) is 6.41. The van der Waals surface area contributed by atoms with Crippen molar-refractivity contribution in [2.75, 3.05) is 25.6 Å². The van der Waals surface area contributed by atoms with Crippen LogP contribution in [0.4, 0.5) is 5.69 Å². The van der Waals surface area contributed by atoms with Gasteiger partial charge in [0.25, 0.3) is 0 Å². The van der Waals surface area contributed by atoms with Gasteiger partial charge in [0.15, 0.2) is 0 Å². The maximum Gasteiger partial charge on any atom is 0.132 e. The molecular formula is C12H18INO2. The van der Waals surface area contributed by atoms with Crippen LogP contribution in [-0.4, -0.2) is 19.8 Å². The van der Waals surface area contributed by atoms with Crippen LogP contribution in [0.5, 0.6) is 5.75 Å². The predicted octanol–water partition coefficient (Wildman–Crippen LogP) is 3.07. The lowest BCUT2D eigenvalue weighted by Gasteiger charge is -2.09. The van der Waals surface area contributed by atoms with Gasteiger partial charge in [0, 0.05) is 12.3 Å². The second kappa shape index (κ2) is 7.73. The first kappa shape index (κ1) is 13.6. The summed E-state index contributed by atoms with van der Waals surface area (Å²) in [6, 6.07) is 5.63. The highest BCUT2D eigenvalue weighted by molar-refractivity contribution is 14.1. The molecule has 3 nitrogen and oxygen atoms in total. The van der Waals surface area contributed by atoms with Gasteiger partial charge in [-0.2, -0.15) is 0 Å². The fraction of sp³-hybridized carbons (Fsp3) is 0.500. The molecule has 0 fully saturated rings. The lowest BCUT2D eigenvalue weighted by Crippen LogP contribution is -2.08. The molecule has 0 aliphatic heterocycles. The van der Waals surface area contributed by atoms with E-state index < -0.39 is 0 Å². The molecule has 0 aromatic heterocycles. The van der Waals surface area contributed by atoms with Gasteiger partial charge in [0.2, 0.25) is 0 Å². The molecule has 1 rings (SSSR count). The summed E-state index contributed by atoms with van der Waals surface area (Å²) in [6.45, 7) is 4.19. The molecule has 0 heterocycles. The van der Waals surface area contributed by atoms with Gasteiger partial charge in [-0.05, 0) is 47.2 Å². The minimum absolute atomic E-state index is 0.587. The Balaban J connectivity index is 2.21. The Hall–Kier alpha value is -0.490. The fourth-order valence-electron chi connectivity index (χ4n) is 1.19. The van der Waals surface area contributed by atoms with Gasteiger partial charge in [-0.1, -0.05) is 13.3 Å². The van der Waals surface area contributed by atoms with Gasteiger partial charge < -0.3 is 15.2 Å². The Morgan fingerprint density at radius 1 is 1.25 bits per heavy atom. The van der Waals surface area contributed by atoms with E-state index in [4.69, 9.17) is 15.2 Å². The van der Waals surface area contributed by atoms with Gasteiger partial charge in [0.1, 0.15) is 12.4 Å². The maximum atomic E-state index is 5.65. The molecule has 0 aliphatic rings. The van der Waals surface area contributed by atoms with Crippen molar-refractivity contribution in [2.24, 2.45) is 0 Å². The number of ether oxygens (including phenoxy) is 2. The number of halogens is 1. The lowest BCUT2D eigenvalue weighted by molar-refractivity contribution is 0.0978. The van der Waals surface area contributed by atoms with Crippen molar-refractivity contribution in [1.82, 2.24) is 0 Å². The normalized spacial score (nSPS) is 10.4. The third-order valence-electron chi connectivity index (χ3n) is 2.08. The molecule has 1 aromatic rings. The summed E-state index contributed by atoms with van der Waals surface area (Å²) < 4.78 is 12.0. The van der Waals surface area contributed by atoms with E-state index in [2.05, 4.69) is 29.5 Å². The van der Waals surface area contributed by atoms with Crippen molar-refractivity contribution in [2.45, 2.75) is 19.8 Å². The van der Waals surface area contributed by atoms with E-state index in [-0.39, 0.29) is 0 Å². The number of nitrogen functional groups attached to an aromatic ring is 1. The van der Waals surface area contributed by atoms with Crippen LogP contribution in [0.15, 0.2) is 18.2 Å². The standard InChI is InChI=1S/C12H18INO2/c1-2-3-6-15-7-8-16-12-5-4-10(14)9-11(12)13/h4-5,9H,2-3,6-8,14H2,1H3. The van der Waals surface area contributed by atoms with Crippen molar-refractivity contribution in [3.63, 3.8) is 0 Å². The molecule has 0 radical (unpaired) electrons. The first-order chi connectivity index (χ1) is 7.74. The van der Waals surface area contributed by atoms with E-state index in [1.54, 1.807) is 0 Å². The lowest BCUT2D eigenvalue weighted by atomic mass is 10.3. The largest absolute Gasteiger partial charge is 0.490 e. The van der Waals surface area contributed by atoms with E-state index in [1.165, 1.54) is 0 Å². The number of nitrogens with two attached hydrogens (primary N) is 1. The number of hydrogen-bond donors (Lipinski definition) is 1. The van der Waals surface area contributed by atoms with Crippen LogP contribution in [0.3, 0.4) is 0 Å². The van der Waals surface area contributed by atoms with Crippen LogP contribution in [0.2, 0.25) is 0 Å². The summed E-state index contributed by atoms with van der Waals surface area (Å²) >= 11 is 2.21. The zero-order chi connectivity index (χ0) is 11.8. The minimum atomic E-state index is 0.587. The Bertz CT molecular complexity index is 318. The molecule has 0 saturated carbocycles. The van der Waals surface area contributed by atoms with Crippen molar-refractivity contribution < 1.29 is 9.47 Å². The summed E-state index contributed by atoms with van der Waals surface area (Å²) in [5, 5.41) is 0. The van der Waals surface area contributed by atoms with Crippen LogP contribution in [0.25, 0.3) is 0 Å². The molecule has 0 amide bonds. The zero-order valence-electron chi connectivity index (χ0n) is 9.54. The fourth-order valence-corrected chi connectivity index (χ4v) is 1.89. The number of anilines is 1. The summed E-state index contributed by atoms with van der Waals surface area (Å²) in [7, 11) is 0. The monoisotopic (exact) mass is 335 g/mol. The molecule has 90 valence electrons. The molecule has 0 atom stereocenters. The Kier molecular flexibility index (Phi) is 6.56. The van der Waals surface area contributed by atoms with E-state index in [1.807, 2.05) is 18.2 Å². The Morgan fingerprint density at radius 3 is 2.75 bits per heavy atom. The van der Waals surface area contributed by atoms with Gasteiger partial charge >= 0.3 is 0 Å². The average molecular weight is 335 g/mol. The van der Waals surface area contributed by atoms with Gasteiger partial charge in [-0.25, -0.2) is 0 Å². The molecule has 0 bridgehead atoms. The molecule has 2 N–H and O–H groups in total. The van der Waals surface area contributed by atoms with Gasteiger partial charge in [0.05, 0.1) is 10.2 Å². The number of unbranched alkanes of at least 4 members (excludes halogenated alkanes) is 1. The summed E-state index contributed by atoms with van der Waals surface area (Å²) in [4.78, 5) is 0. The van der Waals surface area contributed by atoms with Gasteiger partial charge in [-0.3, -0.25) is 0 Å². The Labute approximate surface area is 110 Å². The molecule has 0 spiro atoms. The first-order valence-corrected chi connectivity index (χ1v) is 6.57. The maximum absolute atomic E-state index is 5.65. The average Bonchev–Trinajstić information content (AvgIpc) is 2.26. The van der Waals surface area contributed by atoms with Crippen LogP contribution in [0.1, 0.15) is 19.8 Å². The highest BCUT2D eigenvalue weighted by Gasteiger charge is 2.00. The molecule has 0 saturated heterocycles. The summed E-state index contributed by atoms with van der Waals surface area (Å²) in [5.74, 6) is 0.869. The highest BCUT2D eigenvalue weighted by Crippen LogP contribution is 2.22. The number of rotatable bonds is 7. The van der Waals surface area contributed by atoms with E-state index in [0.717, 1.165) is 34.5 Å². The second-order valence-electron chi connectivity index (χ2n) is 3.50. The molecule has 0 aliphatic carbocycles. The molecule has 1 aromatic carbocycles. The topological polar surface area (TPSA) is 44.5 Å². The Morgan fingerprint density at radius 2 is 2.06 bits per heavy atom. The number of hydrogen-bond acceptors (Lipinski definition) is 3. The second-order valence-corrected chi connectivity index (χ2v) is 4.67. The van der Waals surface area contributed by atoms with Crippen molar-refractivity contribution in [3.8, 4) is 5.75 Å². The minimum Gasteiger partial charge on any atom is -0.490 e. The molecular weight excluding hydrogens is 317 g/mol. The van der Waals surface area contributed by atoms with Crippen LogP contribution in [-0.2, 0) is 4.74 Å². The SMILES string of the molecule is CCCCOCCOc1ccc(N)cc1I. The van der Waals surface area contributed by atoms with Crippen LogP contribution >= 0.6 is 22.6 Å². The van der Waals surface area contributed by atoms with E-state index >= 15 is 0 Å². The smallest absolute Gasteiger partial charge is 0.132 e. The predicted molar refractivity (Wildman–Crippen MR) is 74.8 cm³/mol. The van der Waals surface area contributed by atoms with Crippen molar-refractivity contribution in [1.29, 1.82) is 0 Å². The van der Waals surface area contributed by atoms with Crippen LogP contribution in [0, 0.1) is 3.57 Å². The zero-order valence-corrected chi connectivity index (χ0v) is 11.7. The van der Waals surface area contributed by atoms with Crippen LogP contribution < -0.4 is 10.5 Å². The molecule has 16 heavy (non-hydrogen) atoms. The highest BCUT2D eigenvalue weighted by atomic mass is 127. The van der Waals surface area contributed by atoms with E-state index in [9.17, 15) is 0 Å².